The summed E-state index contributed by atoms with van der Waals surface area (Å²) in [6.45, 7) is 6.64. The minimum atomic E-state index is -0.361. The molecule has 0 spiro atoms. The molecule has 0 bridgehead atoms. The SMILES string of the molecule is CCCCCCNCC(O)COC1CCCCC1C. The molecule has 3 nitrogen and oxygen atoms in total. The first-order valence-corrected chi connectivity index (χ1v) is 8.24. The van der Waals surface area contributed by atoms with E-state index < -0.39 is 0 Å². The minimum Gasteiger partial charge on any atom is -0.389 e. The highest BCUT2D eigenvalue weighted by molar-refractivity contribution is 4.73. The van der Waals surface area contributed by atoms with Crippen molar-refractivity contribution in [2.24, 2.45) is 5.92 Å². The number of unbranched alkanes of at least 4 members (excludes halogenated alkanes) is 3. The van der Waals surface area contributed by atoms with Crippen molar-refractivity contribution >= 4 is 0 Å². The highest BCUT2D eigenvalue weighted by atomic mass is 16.5. The summed E-state index contributed by atoms with van der Waals surface area (Å²) in [5.41, 5.74) is 0. The topological polar surface area (TPSA) is 41.5 Å². The van der Waals surface area contributed by atoms with Crippen molar-refractivity contribution in [3.05, 3.63) is 0 Å². The van der Waals surface area contributed by atoms with E-state index in [1.165, 1.54) is 51.4 Å². The van der Waals surface area contributed by atoms with Crippen molar-refractivity contribution in [1.82, 2.24) is 5.32 Å². The molecular formula is C16H33NO2. The van der Waals surface area contributed by atoms with Gasteiger partial charge >= 0.3 is 0 Å². The zero-order chi connectivity index (χ0) is 13.9. The Morgan fingerprint density at radius 3 is 2.74 bits per heavy atom. The third-order valence-corrected chi connectivity index (χ3v) is 4.12. The fraction of sp³-hybridized carbons (Fsp3) is 1.00. The lowest BCUT2D eigenvalue weighted by Crippen LogP contribution is -2.34. The lowest BCUT2D eigenvalue weighted by Gasteiger charge is -2.29. The quantitative estimate of drug-likeness (QED) is 0.600. The molecule has 0 saturated heterocycles. The molecule has 0 aromatic heterocycles. The Labute approximate surface area is 119 Å². The third-order valence-electron chi connectivity index (χ3n) is 4.12. The van der Waals surface area contributed by atoms with Crippen LogP contribution in [0.5, 0.6) is 0 Å². The molecule has 0 radical (unpaired) electrons. The summed E-state index contributed by atoms with van der Waals surface area (Å²) in [4.78, 5) is 0. The number of hydrogen-bond donors (Lipinski definition) is 2. The molecule has 19 heavy (non-hydrogen) atoms. The Morgan fingerprint density at radius 2 is 2.00 bits per heavy atom. The Bertz CT molecular complexity index is 211. The van der Waals surface area contributed by atoms with Crippen LogP contribution >= 0.6 is 0 Å². The van der Waals surface area contributed by atoms with Crippen LogP contribution in [0.1, 0.15) is 65.2 Å². The van der Waals surface area contributed by atoms with E-state index in [2.05, 4.69) is 19.2 Å². The van der Waals surface area contributed by atoms with Gasteiger partial charge in [-0.15, -0.1) is 0 Å². The molecule has 114 valence electrons. The van der Waals surface area contributed by atoms with Crippen molar-refractivity contribution in [2.45, 2.75) is 77.4 Å². The predicted octanol–water partition coefficient (Wildman–Crippen LogP) is 3.11. The number of nitrogens with one attached hydrogen (secondary N) is 1. The summed E-state index contributed by atoms with van der Waals surface area (Å²) in [5, 5.41) is 13.2. The van der Waals surface area contributed by atoms with Crippen molar-refractivity contribution in [3.63, 3.8) is 0 Å². The van der Waals surface area contributed by atoms with Gasteiger partial charge in [-0.05, 0) is 31.7 Å². The average Bonchev–Trinajstić information content (AvgIpc) is 2.42. The Kier molecular flexibility index (Phi) is 9.48. The second-order valence-electron chi connectivity index (χ2n) is 6.05. The van der Waals surface area contributed by atoms with Crippen LogP contribution in [-0.2, 0) is 4.74 Å². The smallest absolute Gasteiger partial charge is 0.0897 e. The maximum Gasteiger partial charge on any atom is 0.0897 e. The molecule has 0 aliphatic heterocycles. The van der Waals surface area contributed by atoms with Crippen molar-refractivity contribution in [2.75, 3.05) is 19.7 Å². The third kappa shape index (κ3) is 7.91. The fourth-order valence-corrected chi connectivity index (χ4v) is 2.77. The molecule has 1 saturated carbocycles. The van der Waals surface area contributed by atoms with Gasteiger partial charge in [0.15, 0.2) is 0 Å². The van der Waals surface area contributed by atoms with E-state index in [1.54, 1.807) is 0 Å². The summed E-state index contributed by atoms with van der Waals surface area (Å²) in [6.07, 6.45) is 10.1. The number of hydrogen-bond acceptors (Lipinski definition) is 3. The fourth-order valence-electron chi connectivity index (χ4n) is 2.77. The molecule has 1 aliphatic carbocycles. The van der Waals surface area contributed by atoms with Gasteiger partial charge in [0.05, 0.1) is 18.8 Å². The summed E-state index contributed by atoms with van der Waals surface area (Å²) >= 11 is 0. The highest BCUT2D eigenvalue weighted by Crippen LogP contribution is 2.26. The number of aliphatic hydroxyl groups is 1. The van der Waals surface area contributed by atoms with Gasteiger partial charge < -0.3 is 15.2 Å². The van der Waals surface area contributed by atoms with Crippen molar-refractivity contribution in [3.8, 4) is 0 Å². The van der Waals surface area contributed by atoms with E-state index in [0.29, 0.717) is 25.2 Å². The van der Waals surface area contributed by atoms with Crippen molar-refractivity contribution in [1.29, 1.82) is 0 Å². The second-order valence-corrected chi connectivity index (χ2v) is 6.05. The maximum absolute atomic E-state index is 9.88. The minimum absolute atomic E-state index is 0.361. The van der Waals surface area contributed by atoms with Gasteiger partial charge in [0, 0.05) is 6.54 Å². The van der Waals surface area contributed by atoms with E-state index in [1.807, 2.05) is 0 Å². The van der Waals surface area contributed by atoms with Crippen LogP contribution in [0.2, 0.25) is 0 Å². The summed E-state index contributed by atoms with van der Waals surface area (Å²) in [7, 11) is 0. The Balaban J connectivity index is 1.96. The first kappa shape index (κ1) is 16.9. The van der Waals surface area contributed by atoms with Crippen LogP contribution in [-0.4, -0.2) is 37.0 Å². The van der Waals surface area contributed by atoms with Crippen LogP contribution in [0.4, 0.5) is 0 Å². The Morgan fingerprint density at radius 1 is 1.21 bits per heavy atom. The summed E-state index contributed by atoms with van der Waals surface area (Å²) in [5.74, 6) is 0.656. The molecule has 2 N–H and O–H groups in total. The first-order chi connectivity index (χ1) is 9.24. The van der Waals surface area contributed by atoms with Gasteiger partial charge in [-0.2, -0.15) is 0 Å². The molecule has 3 atom stereocenters. The molecule has 0 aromatic carbocycles. The van der Waals surface area contributed by atoms with Crippen molar-refractivity contribution < 1.29 is 9.84 Å². The van der Waals surface area contributed by atoms with E-state index in [-0.39, 0.29) is 6.10 Å². The van der Waals surface area contributed by atoms with Gasteiger partial charge in [-0.1, -0.05) is 46.0 Å². The average molecular weight is 271 g/mol. The van der Waals surface area contributed by atoms with Crippen LogP contribution < -0.4 is 5.32 Å². The molecule has 0 aromatic rings. The molecule has 3 heteroatoms. The van der Waals surface area contributed by atoms with Gasteiger partial charge in [0.2, 0.25) is 0 Å². The Hall–Kier alpha value is -0.120. The molecule has 1 rings (SSSR count). The van der Waals surface area contributed by atoms with Crippen LogP contribution in [0.3, 0.4) is 0 Å². The monoisotopic (exact) mass is 271 g/mol. The number of ether oxygens (including phenoxy) is 1. The first-order valence-electron chi connectivity index (χ1n) is 8.24. The summed E-state index contributed by atoms with van der Waals surface area (Å²) < 4.78 is 5.86. The van der Waals surface area contributed by atoms with E-state index in [0.717, 1.165) is 6.54 Å². The van der Waals surface area contributed by atoms with Gasteiger partial charge in [-0.25, -0.2) is 0 Å². The van der Waals surface area contributed by atoms with E-state index in [4.69, 9.17) is 4.74 Å². The lowest BCUT2D eigenvalue weighted by atomic mass is 9.88. The number of rotatable bonds is 10. The second kappa shape index (κ2) is 10.6. The molecule has 0 amide bonds. The van der Waals surface area contributed by atoms with Crippen LogP contribution in [0.15, 0.2) is 0 Å². The standard InChI is InChI=1S/C16H33NO2/c1-3-4-5-8-11-17-12-15(18)13-19-16-10-7-6-9-14(16)2/h14-18H,3-13H2,1-2H3. The lowest BCUT2D eigenvalue weighted by molar-refractivity contribution is -0.0451. The normalized spacial score (nSPS) is 25.4. The number of aliphatic hydroxyl groups excluding tert-OH is 1. The van der Waals surface area contributed by atoms with Gasteiger partial charge in [0.25, 0.3) is 0 Å². The molecule has 0 heterocycles. The van der Waals surface area contributed by atoms with Gasteiger partial charge in [-0.3, -0.25) is 0 Å². The zero-order valence-corrected chi connectivity index (χ0v) is 12.9. The zero-order valence-electron chi connectivity index (χ0n) is 12.9. The van der Waals surface area contributed by atoms with Gasteiger partial charge in [0.1, 0.15) is 0 Å². The van der Waals surface area contributed by atoms with Crippen LogP contribution in [0, 0.1) is 5.92 Å². The summed E-state index contributed by atoms with van der Waals surface area (Å²) in [6, 6.07) is 0. The van der Waals surface area contributed by atoms with E-state index >= 15 is 0 Å². The molecule has 1 aliphatic rings. The van der Waals surface area contributed by atoms with E-state index in [9.17, 15) is 5.11 Å². The molecule has 1 fully saturated rings. The highest BCUT2D eigenvalue weighted by Gasteiger charge is 2.22. The maximum atomic E-state index is 9.88. The largest absolute Gasteiger partial charge is 0.389 e. The molecule has 3 unspecified atom stereocenters. The van der Waals surface area contributed by atoms with Crippen LogP contribution in [0.25, 0.3) is 0 Å². The predicted molar refractivity (Wildman–Crippen MR) is 80.4 cm³/mol. The molecular weight excluding hydrogens is 238 g/mol.